The topological polar surface area (TPSA) is 72.9 Å². The van der Waals surface area contributed by atoms with Crippen molar-refractivity contribution < 1.29 is 14.7 Å². The zero-order chi connectivity index (χ0) is 12.8. The molecule has 0 aromatic carbocycles. The number of carbonyl (C=O) groups excluding carboxylic acids is 1. The number of carboxylic acid groups (broad SMARTS) is 1. The molecule has 0 aromatic rings. The Morgan fingerprint density at radius 3 is 2.47 bits per heavy atom. The van der Waals surface area contributed by atoms with Crippen LogP contribution in [0.3, 0.4) is 0 Å². The molecule has 17 heavy (non-hydrogen) atoms. The summed E-state index contributed by atoms with van der Waals surface area (Å²) >= 11 is 0. The first-order valence-corrected chi connectivity index (χ1v) is 5.97. The third kappa shape index (κ3) is 3.98. The van der Waals surface area contributed by atoms with Crippen LogP contribution in [-0.2, 0) is 9.59 Å². The second-order valence-electron chi connectivity index (χ2n) is 4.29. The van der Waals surface area contributed by atoms with Crippen molar-refractivity contribution in [3.05, 3.63) is 0 Å². The van der Waals surface area contributed by atoms with Gasteiger partial charge < -0.3 is 15.3 Å². The molecule has 0 spiro atoms. The fourth-order valence-electron chi connectivity index (χ4n) is 1.96. The highest BCUT2D eigenvalue weighted by Crippen LogP contribution is 2.04. The molecular formula is C11H21N3O3. The molecule has 0 radical (unpaired) electrons. The van der Waals surface area contributed by atoms with E-state index in [1.54, 1.807) is 14.0 Å². The Labute approximate surface area is 102 Å². The summed E-state index contributed by atoms with van der Waals surface area (Å²) in [5.74, 6) is -1.06. The second kappa shape index (κ2) is 6.56. The van der Waals surface area contributed by atoms with Gasteiger partial charge in [0.1, 0.15) is 6.04 Å². The van der Waals surface area contributed by atoms with Crippen molar-refractivity contribution >= 4 is 11.9 Å². The third-order valence-corrected chi connectivity index (χ3v) is 3.10. The van der Waals surface area contributed by atoms with E-state index in [4.69, 9.17) is 5.11 Å². The highest BCUT2D eigenvalue weighted by atomic mass is 16.4. The van der Waals surface area contributed by atoms with Crippen molar-refractivity contribution in [1.29, 1.82) is 0 Å². The van der Waals surface area contributed by atoms with Crippen molar-refractivity contribution in [1.82, 2.24) is 15.1 Å². The molecule has 1 saturated heterocycles. The van der Waals surface area contributed by atoms with E-state index in [-0.39, 0.29) is 5.91 Å². The molecule has 0 aromatic heterocycles. The van der Waals surface area contributed by atoms with E-state index >= 15 is 0 Å². The Morgan fingerprint density at radius 2 is 2.00 bits per heavy atom. The fraction of sp³-hybridized carbons (Fsp3) is 0.818. The van der Waals surface area contributed by atoms with E-state index in [1.807, 2.05) is 4.90 Å². The molecule has 1 amide bonds. The number of piperazine rings is 1. The number of nitrogens with zero attached hydrogens (tertiary/aromatic N) is 2. The van der Waals surface area contributed by atoms with Crippen molar-refractivity contribution in [2.75, 3.05) is 39.8 Å². The standard InChI is InChI=1S/C11H21N3O3/c1-3-9(11(16)17)13(2)10(15)8-14-6-4-12-5-7-14/h9,12H,3-8H2,1-2H3,(H,16,17). The van der Waals surface area contributed by atoms with Gasteiger partial charge in [-0.25, -0.2) is 4.79 Å². The maximum absolute atomic E-state index is 11.9. The predicted molar refractivity (Wildman–Crippen MR) is 63.8 cm³/mol. The minimum atomic E-state index is -0.941. The highest BCUT2D eigenvalue weighted by molar-refractivity contribution is 5.84. The van der Waals surface area contributed by atoms with Gasteiger partial charge in [-0.1, -0.05) is 6.92 Å². The van der Waals surface area contributed by atoms with Gasteiger partial charge in [0.2, 0.25) is 5.91 Å². The lowest BCUT2D eigenvalue weighted by atomic mass is 10.2. The average Bonchev–Trinajstić information content (AvgIpc) is 2.30. The Bertz CT molecular complexity index is 277. The van der Waals surface area contributed by atoms with Crippen molar-refractivity contribution in [2.45, 2.75) is 19.4 Å². The van der Waals surface area contributed by atoms with Crippen LogP contribution < -0.4 is 5.32 Å². The van der Waals surface area contributed by atoms with Gasteiger partial charge in [-0.3, -0.25) is 9.69 Å². The van der Waals surface area contributed by atoms with Gasteiger partial charge in [0.05, 0.1) is 6.54 Å². The van der Waals surface area contributed by atoms with Crippen LogP contribution in [0.15, 0.2) is 0 Å². The monoisotopic (exact) mass is 243 g/mol. The van der Waals surface area contributed by atoms with E-state index in [9.17, 15) is 9.59 Å². The summed E-state index contributed by atoms with van der Waals surface area (Å²) in [4.78, 5) is 26.3. The zero-order valence-corrected chi connectivity index (χ0v) is 10.5. The molecule has 1 aliphatic rings. The lowest BCUT2D eigenvalue weighted by molar-refractivity contribution is -0.149. The minimum absolute atomic E-state index is 0.124. The number of carboxylic acids is 1. The van der Waals surface area contributed by atoms with Gasteiger partial charge in [-0.05, 0) is 6.42 Å². The van der Waals surface area contributed by atoms with E-state index < -0.39 is 12.0 Å². The van der Waals surface area contributed by atoms with Gasteiger partial charge in [0, 0.05) is 33.2 Å². The van der Waals surface area contributed by atoms with Crippen LogP contribution in [0.2, 0.25) is 0 Å². The lowest BCUT2D eigenvalue weighted by Crippen LogP contribution is -2.50. The maximum Gasteiger partial charge on any atom is 0.326 e. The Balaban J connectivity index is 2.47. The molecule has 1 unspecified atom stereocenters. The first kappa shape index (κ1) is 13.9. The summed E-state index contributed by atoms with van der Waals surface area (Å²) in [7, 11) is 1.56. The van der Waals surface area contributed by atoms with Crippen LogP contribution in [0.1, 0.15) is 13.3 Å². The van der Waals surface area contributed by atoms with Crippen LogP contribution in [0.4, 0.5) is 0 Å². The van der Waals surface area contributed by atoms with Crippen molar-refractivity contribution in [3.63, 3.8) is 0 Å². The number of hydrogen-bond acceptors (Lipinski definition) is 4. The van der Waals surface area contributed by atoms with Gasteiger partial charge >= 0.3 is 5.97 Å². The van der Waals surface area contributed by atoms with Gasteiger partial charge in [-0.2, -0.15) is 0 Å². The Kier molecular flexibility index (Phi) is 5.37. The largest absolute Gasteiger partial charge is 0.480 e. The molecule has 2 N–H and O–H groups in total. The highest BCUT2D eigenvalue weighted by Gasteiger charge is 2.25. The first-order valence-electron chi connectivity index (χ1n) is 5.97. The minimum Gasteiger partial charge on any atom is -0.480 e. The number of likely N-dealkylation sites (N-methyl/N-ethyl adjacent to an activating group) is 1. The number of amides is 1. The van der Waals surface area contributed by atoms with Crippen LogP contribution in [0, 0.1) is 0 Å². The second-order valence-corrected chi connectivity index (χ2v) is 4.29. The first-order chi connectivity index (χ1) is 8.06. The van der Waals surface area contributed by atoms with Crippen LogP contribution in [0.5, 0.6) is 0 Å². The average molecular weight is 243 g/mol. The van der Waals surface area contributed by atoms with Crippen molar-refractivity contribution in [2.24, 2.45) is 0 Å². The molecule has 1 heterocycles. The van der Waals surface area contributed by atoms with Crippen LogP contribution in [0.25, 0.3) is 0 Å². The number of hydrogen-bond donors (Lipinski definition) is 2. The molecule has 6 nitrogen and oxygen atoms in total. The molecule has 1 aliphatic heterocycles. The molecule has 0 saturated carbocycles. The zero-order valence-electron chi connectivity index (χ0n) is 10.5. The molecule has 1 rings (SSSR count). The summed E-state index contributed by atoms with van der Waals surface area (Å²) in [6.45, 7) is 5.52. The van der Waals surface area contributed by atoms with Crippen molar-refractivity contribution in [3.8, 4) is 0 Å². The number of rotatable bonds is 5. The predicted octanol–water partition coefficient (Wildman–Crippen LogP) is -0.787. The number of aliphatic carboxylic acids is 1. The normalized spacial score (nSPS) is 18.7. The Morgan fingerprint density at radius 1 is 1.41 bits per heavy atom. The van der Waals surface area contributed by atoms with Gasteiger partial charge in [0.15, 0.2) is 0 Å². The van der Waals surface area contributed by atoms with Crippen LogP contribution in [-0.4, -0.2) is 72.6 Å². The number of carbonyl (C=O) groups is 2. The molecule has 0 aliphatic carbocycles. The summed E-state index contributed by atoms with van der Waals surface area (Å²) in [5, 5.41) is 12.2. The van der Waals surface area contributed by atoms with E-state index in [0.717, 1.165) is 26.2 Å². The molecule has 6 heteroatoms. The maximum atomic E-state index is 11.9. The van der Waals surface area contributed by atoms with Gasteiger partial charge in [-0.15, -0.1) is 0 Å². The Hall–Kier alpha value is -1.14. The third-order valence-electron chi connectivity index (χ3n) is 3.10. The molecule has 98 valence electrons. The summed E-state index contributed by atoms with van der Waals surface area (Å²) in [6, 6.07) is -0.717. The quantitative estimate of drug-likeness (QED) is 0.662. The smallest absolute Gasteiger partial charge is 0.326 e. The summed E-state index contributed by atoms with van der Waals surface area (Å²) in [6.07, 6.45) is 0.430. The van der Waals surface area contributed by atoms with E-state index in [2.05, 4.69) is 5.32 Å². The molecule has 0 bridgehead atoms. The number of nitrogens with one attached hydrogen (secondary N) is 1. The fourth-order valence-corrected chi connectivity index (χ4v) is 1.96. The summed E-state index contributed by atoms with van der Waals surface area (Å²) < 4.78 is 0. The summed E-state index contributed by atoms with van der Waals surface area (Å²) in [5.41, 5.74) is 0. The van der Waals surface area contributed by atoms with E-state index in [1.165, 1.54) is 4.90 Å². The SMILES string of the molecule is CCC(C(=O)O)N(C)C(=O)CN1CCNCC1. The van der Waals surface area contributed by atoms with Gasteiger partial charge in [0.25, 0.3) is 0 Å². The molecule has 1 fully saturated rings. The molecule has 1 atom stereocenters. The molecular weight excluding hydrogens is 222 g/mol. The van der Waals surface area contributed by atoms with E-state index in [0.29, 0.717) is 13.0 Å². The van der Waals surface area contributed by atoms with Crippen LogP contribution >= 0.6 is 0 Å². The lowest BCUT2D eigenvalue weighted by Gasteiger charge is -2.30.